The van der Waals surface area contributed by atoms with E-state index in [1.54, 1.807) is 43.1 Å². The Labute approximate surface area is 145 Å². The minimum atomic E-state index is -3.55. The number of sulfone groups is 1. The summed E-state index contributed by atoms with van der Waals surface area (Å²) in [6.07, 6.45) is 1.09. The van der Waals surface area contributed by atoms with Gasteiger partial charge in [0.2, 0.25) is 0 Å². The number of hydrogen-bond donors (Lipinski definition) is 0. The van der Waals surface area contributed by atoms with Gasteiger partial charge in [-0.15, -0.1) is 0 Å². The number of carbonyl (C=O) groups excluding carboxylic acids is 1. The van der Waals surface area contributed by atoms with Crippen LogP contribution in [0.4, 0.5) is 11.4 Å². The zero-order chi connectivity index (χ0) is 17.4. The summed E-state index contributed by atoms with van der Waals surface area (Å²) in [7, 11) is -1.82. The maximum atomic E-state index is 12.1. The van der Waals surface area contributed by atoms with Crippen molar-refractivity contribution >= 4 is 49.7 Å². The maximum Gasteiger partial charge on any atom is 0.252 e. The third kappa shape index (κ3) is 3.86. The highest BCUT2D eigenvalue weighted by Crippen LogP contribution is 2.34. The quantitative estimate of drug-likeness (QED) is 0.755. The zero-order valence-corrected chi connectivity index (χ0v) is 15.1. The molecule has 4 nitrogen and oxygen atoms in total. The average Bonchev–Trinajstić information content (AvgIpc) is 2.44. The van der Waals surface area contributed by atoms with Crippen LogP contribution in [-0.4, -0.2) is 27.0 Å². The monoisotopic (exact) mass is 371 g/mol. The van der Waals surface area contributed by atoms with E-state index in [2.05, 4.69) is 0 Å². The number of nitrogens with zero attached hydrogens (tertiary/aromatic N) is 1. The molecule has 0 spiro atoms. The second kappa shape index (κ2) is 6.51. The van der Waals surface area contributed by atoms with Gasteiger partial charge in [0.05, 0.1) is 10.6 Å². The van der Waals surface area contributed by atoms with Crippen molar-refractivity contribution in [1.29, 1.82) is 0 Å². The summed E-state index contributed by atoms with van der Waals surface area (Å²) in [6, 6.07) is 10.00. The van der Waals surface area contributed by atoms with Crippen LogP contribution in [0.3, 0.4) is 0 Å². The molecule has 0 radical (unpaired) electrons. The molecule has 0 unspecified atom stereocenters. The zero-order valence-electron chi connectivity index (χ0n) is 12.8. The molecule has 0 heterocycles. The second-order valence-electron chi connectivity index (χ2n) is 5.22. The van der Waals surface area contributed by atoms with Crippen LogP contribution in [0, 0.1) is 6.92 Å². The Morgan fingerprint density at radius 2 is 1.83 bits per heavy atom. The topological polar surface area (TPSA) is 54.5 Å². The highest BCUT2D eigenvalue weighted by molar-refractivity contribution is 7.90. The molecular formula is C16H15Cl2NO3S. The highest BCUT2D eigenvalue weighted by atomic mass is 35.5. The molecule has 0 atom stereocenters. The van der Waals surface area contributed by atoms with Crippen LogP contribution in [0.25, 0.3) is 0 Å². The molecule has 0 aliphatic rings. The van der Waals surface area contributed by atoms with E-state index >= 15 is 0 Å². The molecule has 7 heteroatoms. The van der Waals surface area contributed by atoms with Gasteiger partial charge in [-0.05, 0) is 54.4 Å². The van der Waals surface area contributed by atoms with Gasteiger partial charge < -0.3 is 4.90 Å². The van der Waals surface area contributed by atoms with E-state index in [9.17, 15) is 13.2 Å². The molecule has 0 aromatic heterocycles. The lowest BCUT2D eigenvalue weighted by Gasteiger charge is -2.23. The normalized spacial score (nSPS) is 11.3. The van der Waals surface area contributed by atoms with Crippen LogP contribution in [0.5, 0.6) is 0 Å². The van der Waals surface area contributed by atoms with Gasteiger partial charge in [-0.25, -0.2) is 8.42 Å². The largest absolute Gasteiger partial charge is 0.344 e. The fourth-order valence-electron chi connectivity index (χ4n) is 2.27. The van der Waals surface area contributed by atoms with E-state index in [0.717, 1.165) is 11.9 Å². The first-order valence-electron chi connectivity index (χ1n) is 6.65. The average molecular weight is 372 g/mol. The molecule has 2 rings (SSSR count). The van der Waals surface area contributed by atoms with Gasteiger partial charge in [0, 0.05) is 29.6 Å². The molecule has 0 amide bonds. The first-order chi connectivity index (χ1) is 10.6. The fraction of sp³-hybridized carbons (Fsp3) is 0.188. The van der Waals surface area contributed by atoms with Crippen LogP contribution in [0.15, 0.2) is 41.3 Å². The Hall–Kier alpha value is -1.56. The van der Waals surface area contributed by atoms with Crippen LogP contribution < -0.4 is 4.90 Å². The number of anilines is 2. The van der Waals surface area contributed by atoms with E-state index in [-0.39, 0.29) is 10.5 Å². The van der Waals surface area contributed by atoms with Crippen molar-refractivity contribution in [2.45, 2.75) is 11.8 Å². The number of benzene rings is 2. The van der Waals surface area contributed by atoms with Crippen LogP contribution >= 0.6 is 23.2 Å². The highest BCUT2D eigenvalue weighted by Gasteiger charge is 2.21. The molecule has 0 saturated carbocycles. The molecule has 0 aliphatic heterocycles. The predicted molar refractivity (Wildman–Crippen MR) is 94.0 cm³/mol. The Kier molecular flexibility index (Phi) is 5.04. The first-order valence-corrected chi connectivity index (χ1v) is 9.30. The van der Waals surface area contributed by atoms with E-state index < -0.39 is 15.1 Å². The van der Waals surface area contributed by atoms with E-state index in [0.29, 0.717) is 16.3 Å². The van der Waals surface area contributed by atoms with E-state index in [1.807, 2.05) is 6.07 Å². The Bertz CT molecular complexity index is 879. The van der Waals surface area contributed by atoms with Crippen molar-refractivity contribution in [3.63, 3.8) is 0 Å². The lowest BCUT2D eigenvalue weighted by Crippen LogP contribution is -2.15. The minimum Gasteiger partial charge on any atom is -0.344 e. The van der Waals surface area contributed by atoms with Crippen molar-refractivity contribution in [2.24, 2.45) is 0 Å². The fourth-order valence-corrected chi connectivity index (χ4v) is 3.56. The maximum absolute atomic E-state index is 12.1. The summed E-state index contributed by atoms with van der Waals surface area (Å²) in [5.74, 6) is 0. The third-order valence-corrected chi connectivity index (χ3v) is 5.04. The van der Waals surface area contributed by atoms with Crippen LogP contribution in [0.2, 0.25) is 5.02 Å². The number of hydrogen-bond acceptors (Lipinski definition) is 4. The van der Waals surface area contributed by atoms with Crippen LogP contribution in [-0.2, 0) is 9.84 Å². The van der Waals surface area contributed by atoms with Gasteiger partial charge in [-0.3, -0.25) is 4.79 Å². The second-order valence-corrected chi connectivity index (χ2v) is 7.98. The van der Waals surface area contributed by atoms with Gasteiger partial charge in [0.25, 0.3) is 5.24 Å². The summed E-state index contributed by atoms with van der Waals surface area (Å²) < 4.78 is 24.3. The van der Waals surface area contributed by atoms with Crippen molar-refractivity contribution in [1.82, 2.24) is 0 Å². The molecule has 0 saturated heterocycles. The van der Waals surface area contributed by atoms with Crippen molar-refractivity contribution in [3.05, 3.63) is 52.5 Å². The Morgan fingerprint density at radius 1 is 1.17 bits per heavy atom. The molecule has 23 heavy (non-hydrogen) atoms. The van der Waals surface area contributed by atoms with Gasteiger partial charge in [0.15, 0.2) is 9.84 Å². The number of halogens is 2. The van der Waals surface area contributed by atoms with Gasteiger partial charge >= 0.3 is 0 Å². The molecule has 122 valence electrons. The molecule has 0 N–H and O–H groups in total. The SMILES string of the molecule is Cc1cc(N(C)c2cccc(Cl)c2)c(S(C)(=O)=O)cc1C(=O)Cl. The first kappa shape index (κ1) is 17.8. The summed E-state index contributed by atoms with van der Waals surface area (Å²) in [5.41, 5.74) is 1.96. The summed E-state index contributed by atoms with van der Waals surface area (Å²) in [4.78, 5) is 13.2. The van der Waals surface area contributed by atoms with Gasteiger partial charge in [-0.1, -0.05) is 17.7 Å². The molecule has 0 bridgehead atoms. The summed E-state index contributed by atoms with van der Waals surface area (Å²) in [6.45, 7) is 1.71. The van der Waals surface area contributed by atoms with E-state index in [1.165, 1.54) is 6.07 Å². The lowest BCUT2D eigenvalue weighted by molar-refractivity contribution is 0.108. The summed E-state index contributed by atoms with van der Waals surface area (Å²) in [5, 5.41) is -0.149. The smallest absolute Gasteiger partial charge is 0.252 e. The van der Waals surface area contributed by atoms with Crippen molar-refractivity contribution < 1.29 is 13.2 Å². The molecule has 0 fully saturated rings. The summed E-state index contributed by atoms with van der Waals surface area (Å²) >= 11 is 11.5. The molecule has 0 aliphatic carbocycles. The van der Waals surface area contributed by atoms with E-state index in [4.69, 9.17) is 23.2 Å². The van der Waals surface area contributed by atoms with Gasteiger partial charge in [-0.2, -0.15) is 0 Å². The molecule has 2 aromatic carbocycles. The number of aryl methyl sites for hydroxylation is 1. The number of rotatable bonds is 4. The Balaban J connectivity index is 2.70. The minimum absolute atomic E-state index is 0.0366. The standard InChI is InChI=1S/C16H15Cl2NO3S/c1-10-7-14(19(2)12-6-4-5-11(17)8-12)15(23(3,21)22)9-13(10)16(18)20/h4-9H,1-3H3. The third-order valence-electron chi connectivity index (χ3n) is 3.47. The van der Waals surface area contributed by atoms with Crippen LogP contribution in [0.1, 0.15) is 15.9 Å². The lowest BCUT2D eigenvalue weighted by atomic mass is 10.1. The van der Waals surface area contributed by atoms with Crippen molar-refractivity contribution in [3.8, 4) is 0 Å². The Morgan fingerprint density at radius 3 is 2.35 bits per heavy atom. The number of carbonyl (C=O) groups is 1. The van der Waals surface area contributed by atoms with Crippen molar-refractivity contribution in [2.75, 3.05) is 18.2 Å². The molecular weight excluding hydrogens is 357 g/mol. The predicted octanol–water partition coefficient (Wildman–Crippen LogP) is 4.20. The molecule has 2 aromatic rings. The van der Waals surface area contributed by atoms with Gasteiger partial charge in [0.1, 0.15) is 0 Å².